The number of hydrogen-bond donors (Lipinski definition) is 2. The minimum Gasteiger partial charge on any atom is -0.491 e. The number of guanidine groups is 1. The number of rotatable bonds is 4. The average Bonchev–Trinajstić information content (AvgIpc) is 2.53. The van der Waals surface area contributed by atoms with Crippen molar-refractivity contribution in [2.75, 3.05) is 13.2 Å². The Labute approximate surface area is 124 Å². The van der Waals surface area contributed by atoms with Gasteiger partial charge in [-0.3, -0.25) is 0 Å². The van der Waals surface area contributed by atoms with Crippen LogP contribution < -0.4 is 15.4 Å². The van der Waals surface area contributed by atoms with E-state index in [1.54, 1.807) is 0 Å². The molecule has 0 atom stereocenters. The van der Waals surface area contributed by atoms with Crippen molar-refractivity contribution in [2.45, 2.75) is 13.5 Å². The number of nitrogens with zero attached hydrogens (tertiary/aromatic N) is 1. The van der Waals surface area contributed by atoms with Gasteiger partial charge < -0.3 is 15.4 Å². The van der Waals surface area contributed by atoms with Gasteiger partial charge >= 0.3 is 0 Å². The van der Waals surface area contributed by atoms with Gasteiger partial charge in [-0.2, -0.15) is 0 Å². The summed E-state index contributed by atoms with van der Waals surface area (Å²) in [5, 5.41) is 6.53. The fraction of sp³-hybridized carbons (Fsp3) is 0.235. The van der Waals surface area contributed by atoms with Gasteiger partial charge in [-0.05, 0) is 30.2 Å². The smallest absolute Gasteiger partial charge is 0.196 e. The number of aliphatic imine (C=N–C) groups is 1. The SMILES string of the molecule is Cc1ccccc1OCCNC1=Nc2ccccc2CN1. The molecule has 21 heavy (non-hydrogen) atoms. The fourth-order valence-electron chi connectivity index (χ4n) is 2.26. The maximum absolute atomic E-state index is 5.75. The number of para-hydroxylation sites is 2. The molecule has 1 heterocycles. The molecular weight excluding hydrogens is 262 g/mol. The van der Waals surface area contributed by atoms with Gasteiger partial charge in [-0.1, -0.05) is 36.4 Å². The third kappa shape index (κ3) is 3.34. The molecule has 0 radical (unpaired) electrons. The highest BCUT2D eigenvalue weighted by molar-refractivity contribution is 5.84. The molecule has 1 aliphatic rings. The van der Waals surface area contributed by atoms with Crippen LogP contribution in [0.25, 0.3) is 0 Å². The lowest BCUT2D eigenvalue weighted by molar-refractivity contribution is 0.320. The molecule has 3 rings (SSSR count). The van der Waals surface area contributed by atoms with E-state index in [2.05, 4.69) is 21.7 Å². The zero-order valence-electron chi connectivity index (χ0n) is 12.1. The maximum Gasteiger partial charge on any atom is 0.196 e. The molecule has 4 nitrogen and oxygen atoms in total. The van der Waals surface area contributed by atoms with Crippen LogP contribution in [0.1, 0.15) is 11.1 Å². The summed E-state index contributed by atoms with van der Waals surface area (Å²) in [6.07, 6.45) is 0. The quantitative estimate of drug-likeness (QED) is 0.847. The Balaban J connectivity index is 1.51. The normalized spacial score (nSPS) is 12.9. The number of hydrogen-bond acceptors (Lipinski definition) is 4. The lowest BCUT2D eigenvalue weighted by Gasteiger charge is -2.18. The summed E-state index contributed by atoms with van der Waals surface area (Å²) in [6, 6.07) is 16.2. The van der Waals surface area contributed by atoms with Crippen molar-refractivity contribution in [1.29, 1.82) is 0 Å². The highest BCUT2D eigenvalue weighted by Gasteiger charge is 2.09. The van der Waals surface area contributed by atoms with Crippen LogP contribution in [0.15, 0.2) is 53.5 Å². The molecule has 0 unspecified atom stereocenters. The van der Waals surface area contributed by atoms with E-state index in [9.17, 15) is 0 Å². The lowest BCUT2D eigenvalue weighted by Crippen LogP contribution is -2.40. The van der Waals surface area contributed by atoms with Gasteiger partial charge in [0.05, 0.1) is 12.2 Å². The predicted molar refractivity (Wildman–Crippen MR) is 85.1 cm³/mol. The molecule has 0 aliphatic carbocycles. The first-order valence-electron chi connectivity index (χ1n) is 7.16. The Hall–Kier alpha value is -2.49. The first-order valence-corrected chi connectivity index (χ1v) is 7.16. The highest BCUT2D eigenvalue weighted by atomic mass is 16.5. The molecule has 2 aromatic carbocycles. The van der Waals surface area contributed by atoms with Crippen molar-refractivity contribution in [3.63, 3.8) is 0 Å². The summed E-state index contributed by atoms with van der Waals surface area (Å²) in [7, 11) is 0. The zero-order valence-corrected chi connectivity index (χ0v) is 12.1. The van der Waals surface area contributed by atoms with Crippen LogP contribution in [0.2, 0.25) is 0 Å². The van der Waals surface area contributed by atoms with Gasteiger partial charge in [0.15, 0.2) is 5.96 Å². The number of benzene rings is 2. The van der Waals surface area contributed by atoms with E-state index in [0.29, 0.717) is 13.2 Å². The first kappa shape index (κ1) is 13.5. The number of aryl methyl sites for hydroxylation is 1. The second kappa shape index (κ2) is 6.31. The molecule has 1 aliphatic heterocycles. The van der Waals surface area contributed by atoms with E-state index in [1.807, 2.05) is 49.4 Å². The second-order valence-corrected chi connectivity index (χ2v) is 4.98. The molecule has 0 aromatic heterocycles. The molecule has 0 saturated carbocycles. The van der Waals surface area contributed by atoms with Crippen LogP contribution in [0.5, 0.6) is 5.75 Å². The molecular formula is C17H19N3O. The number of nitrogens with one attached hydrogen (secondary N) is 2. The Morgan fingerprint density at radius 2 is 1.95 bits per heavy atom. The van der Waals surface area contributed by atoms with Crippen LogP contribution in [-0.2, 0) is 6.54 Å². The van der Waals surface area contributed by atoms with Crippen molar-refractivity contribution < 1.29 is 4.74 Å². The van der Waals surface area contributed by atoms with E-state index in [4.69, 9.17) is 4.74 Å². The van der Waals surface area contributed by atoms with Crippen molar-refractivity contribution in [2.24, 2.45) is 4.99 Å². The Bertz CT molecular complexity index is 652. The monoisotopic (exact) mass is 281 g/mol. The second-order valence-electron chi connectivity index (χ2n) is 4.98. The molecule has 2 N–H and O–H groups in total. The fourth-order valence-corrected chi connectivity index (χ4v) is 2.26. The Kier molecular flexibility index (Phi) is 4.05. The van der Waals surface area contributed by atoms with Gasteiger partial charge in [0.2, 0.25) is 0 Å². The summed E-state index contributed by atoms with van der Waals surface area (Å²) in [5.41, 5.74) is 3.40. The highest BCUT2D eigenvalue weighted by Crippen LogP contribution is 2.20. The van der Waals surface area contributed by atoms with Crippen molar-refractivity contribution in [1.82, 2.24) is 10.6 Å². The molecule has 0 bridgehead atoms. The number of ether oxygens (including phenoxy) is 1. The Morgan fingerprint density at radius 3 is 2.86 bits per heavy atom. The third-order valence-electron chi connectivity index (χ3n) is 3.42. The molecule has 0 amide bonds. The zero-order chi connectivity index (χ0) is 14.5. The van der Waals surface area contributed by atoms with E-state index in [0.717, 1.165) is 29.5 Å². The van der Waals surface area contributed by atoms with Crippen LogP contribution in [-0.4, -0.2) is 19.1 Å². The van der Waals surface area contributed by atoms with Gasteiger partial charge in [-0.25, -0.2) is 4.99 Å². The van der Waals surface area contributed by atoms with E-state index >= 15 is 0 Å². The van der Waals surface area contributed by atoms with Crippen molar-refractivity contribution >= 4 is 11.6 Å². The van der Waals surface area contributed by atoms with E-state index < -0.39 is 0 Å². The van der Waals surface area contributed by atoms with Crippen molar-refractivity contribution in [3.8, 4) is 5.75 Å². The minimum atomic E-state index is 0.604. The van der Waals surface area contributed by atoms with Gasteiger partial charge in [-0.15, -0.1) is 0 Å². The van der Waals surface area contributed by atoms with E-state index in [1.165, 1.54) is 5.56 Å². The largest absolute Gasteiger partial charge is 0.491 e. The topological polar surface area (TPSA) is 45.6 Å². The summed E-state index contributed by atoms with van der Waals surface area (Å²) in [6.45, 7) is 4.17. The summed E-state index contributed by atoms with van der Waals surface area (Å²) in [5.74, 6) is 1.74. The Morgan fingerprint density at radius 1 is 1.14 bits per heavy atom. The molecule has 0 saturated heterocycles. The number of fused-ring (bicyclic) bond motifs is 1. The minimum absolute atomic E-state index is 0.604. The predicted octanol–water partition coefficient (Wildman–Crippen LogP) is 2.75. The first-order chi connectivity index (χ1) is 10.3. The van der Waals surface area contributed by atoms with Crippen molar-refractivity contribution in [3.05, 3.63) is 59.7 Å². The molecule has 0 fully saturated rings. The molecule has 2 aromatic rings. The molecule has 108 valence electrons. The van der Waals surface area contributed by atoms with Gasteiger partial charge in [0.25, 0.3) is 0 Å². The summed E-state index contributed by atoms with van der Waals surface area (Å²) < 4.78 is 5.75. The van der Waals surface area contributed by atoms with Crippen LogP contribution >= 0.6 is 0 Å². The van der Waals surface area contributed by atoms with Gasteiger partial charge in [0.1, 0.15) is 12.4 Å². The molecule has 0 spiro atoms. The maximum atomic E-state index is 5.75. The van der Waals surface area contributed by atoms with E-state index in [-0.39, 0.29) is 0 Å². The molecule has 4 heteroatoms. The lowest BCUT2D eigenvalue weighted by atomic mass is 10.1. The van der Waals surface area contributed by atoms with Crippen LogP contribution in [0, 0.1) is 6.92 Å². The summed E-state index contributed by atoms with van der Waals surface area (Å²) >= 11 is 0. The standard InChI is InChI=1S/C17H19N3O/c1-13-6-2-5-9-16(13)21-11-10-18-17-19-12-14-7-3-4-8-15(14)20-17/h2-9H,10-12H2,1H3,(H2,18,19,20). The third-order valence-corrected chi connectivity index (χ3v) is 3.42. The van der Waals surface area contributed by atoms with Gasteiger partial charge in [0, 0.05) is 6.54 Å². The summed E-state index contributed by atoms with van der Waals surface area (Å²) in [4.78, 5) is 4.55. The average molecular weight is 281 g/mol. The van der Waals surface area contributed by atoms with Crippen LogP contribution in [0.4, 0.5) is 5.69 Å². The van der Waals surface area contributed by atoms with Crippen LogP contribution in [0.3, 0.4) is 0 Å².